The van der Waals surface area contributed by atoms with E-state index < -0.39 is 0 Å². The van der Waals surface area contributed by atoms with Gasteiger partial charge in [-0.05, 0) is 47.4 Å². The number of imidazole rings is 1. The summed E-state index contributed by atoms with van der Waals surface area (Å²) in [6.07, 6.45) is 1.88. The monoisotopic (exact) mass is 356 g/mol. The topological polar surface area (TPSA) is 44.1 Å². The number of esters is 1. The molecule has 0 bridgehead atoms. The van der Waals surface area contributed by atoms with Crippen LogP contribution in [-0.4, -0.2) is 22.6 Å². The van der Waals surface area contributed by atoms with Crippen LogP contribution in [0.2, 0.25) is 0 Å². The highest BCUT2D eigenvalue weighted by molar-refractivity contribution is 5.97. The Morgan fingerprint density at radius 3 is 2.59 bits per heavy atom. The summed E-state index contributed by atoms with van der Waals surface area (Å²) in [7, 11) is 1.40. The average Bonchev–Trinajstić information content (AvgIpc) is 3.10. The molecule has 0 aliphatic rings. The Hall–Kier alpha value is -3.40. The highest BCUT2D eigenvalue weighted by Gasteiger charge is 2.12. The Bertz CT molecular complexity index is 1110. The van der Waals surface area contributed by atoms with Crippen LogP contribution in [0.25, 0.3) is 22.2 Å². The fourth-order valence-electron chi connectivity index (χ4n) is 3.30. The highest BCUT2D eigenvalue weighted by atomic mass is 16.5. The van der Waals surface area contributed by atoms with Crippen molar-refractivity contribution >= 4 is 17.0 Å². The summed E-state index contributed by atoms with van der Waals surface area (Å²) < 4.78 is 7.05. The van der Waals surface area contributed by atoms with E-state index in [1.54, 1.807) is 6.07 Å². The quantitative estimate of drug-likeness (QED) is 0.491. The van der Waals surface area contributed by atoms with E-state index in [1.165, 1.54) is 18.2 Å². The minimum Gasteiger partial charge on any atom is -0.465 e. The van der Waals surface area contributed by atoms with Crippen molar-refractivity contribution in [1.82, 2.24) is 9.55 Å². The van der Waals surface area contributed by atoms with Crippen LogP contribution in [0.1, 0.15) is 21.5 Å². The zero-order valence-corrected chi connectivity index (χ0v) is 15.3. The van der Waals surface area contributed by atoms with Gasteiger partial charge in [-0.2, -0.15) is 0 Å². The molecule has 0 fully saturated rings. The summed E-state index contributed by atoms with van der Waals surface area (Å²) in [5.41, 5.74) is 6.97. The van der Waals surface area contributed by atoms with Crippen molar-refractivity contribution in [1.29, 1.82) is 0 Å². The van der Waals surface area contributed by atoms with Crippen molar-refractivity contribution < 1.29 is 9.53 Å². The SMILES string of the molecule is COC(=O)c1ccccc1-c1ccc(Cn2cnc3ccc(C)cc32)cc1. The molecular weight excluding hydrogens is 336 g/mol. The first kappa shape index (κ1) is 17.0. The summed E-state index contributed by atoms with van der Waals surface area (Å²) in [4.78, 5) is 16.5. The number of carbonyl (C=O) groups is 1. The lowest BCUT2D eigenvalue weighted by molar-refractivity contribution is 0.0601. The summed E-state index contributed by atoms with van der Waals surface area (Å²) in [6.45, 7) is 2.84. The van der Waals surface area contributed by atoms with E-state index in [1.807, 2.05) is 42.7 Å². The number of aromatic nitrogens is 2. The van der Waals surface area contributed by atoms with Gasteiger partial charge in [0.25, 0.3) is 0 Å². The van der Waals surface area contributed by atoms with E-state index in [2.05, 4.69) is 40.7 Å². The summed E-state index contributed by atoms with van der Waals surface area (Å²) >= 11 is 0. The molecule has 3 aromatic carbocycles. The Morgan fingerprint density at radius 1 is 1.04 bits per heavy atom. The standard InChI is InChI=1S/C23H20N2O2/c1-16-7-12-21-22(13-16)25(15-24-21)14-17-8-10-18(11-9-17)19-5-3-4-6-20(19)23(26)27-2/h3-13,15H,14H2,1-2H3. The molecule has 1 heterocycles. The average molecular weight is 356 g/mol. The van der Waals surface area contributed by atoms with E-state index in [4.69, 9.17) is 4.74 Å². The normalized spacial score (nSPS) is 10.9. The van der Waals surface area contributed by atoms with E-state index in [9.17, 15) is 4.79 Å². The Kier molecular flexibility index (Phi) is 4.47. The van der Waals surface area contributed by atoms with Crippen molar-refractivity contribution in [3.63, 3.8) is 0 Å². The maximum atomic E-state index is 12.0. The predicted octanol–water partition coefficient (Wildman–Crippen LogP) is 4.85. The van der Waals surface area contributed by atoms with E-state index >= 15 is 0 Å². The van der Waals surface area contributed by atoms with Gasteiger partial charge >= 0.3 is 5.97 Å². The molecule has 4 nitrogen and oxygen atoms in total. The number of hydrogen-bond donors (Lipinski definition) is 0. The van der Waals surface area contributed by atoms with Gasteiger partial charge in [0.1, 0.15) is 0 Å². The molecule has 4 rings (SSSR count). The highest BCUT2D eigenvalue weighted by Crippen LogP contribution is 2.25. The number of methoxy groups -OCH3 is 1. The molecule has 134 valence electrons. The van der Waals surface area contributed by atoms with Crippen LogP contribution in [0.5, 0.6) is 0 Å². The molecule has 4 aromatic rings. The van der Waals surface area contributed by atoms with Gasteiger partial charge in [0, 0.05) is 6.54 Å². The molecule has 0 atom stereocenters. The number of fused-ring (bicyclic) bond motifs is 1. The molecule has 4 heteroatoms. The fourth-order valence-corrected chi connectivity index (χ4v) is 3.30. The van der Waals surface area contributed by atoms with Gasteiger partial charge in [-0.1, -0.05) is 48.5 Å². The first-order valence-electron chi connectivity index (χ1n) is 8.84. The molecule has 27 heavy (non-hydrogen) atoms. The second-order valence-electron chi connectivity index (χ2n) is 6.60. The Balaban J connectivity index is 1.63. The third-order valence-corrected chi connectivity index (χ3v) is 4.73. The van der Waals surface area contributed by atoms with Gasteiger partial charge in [-0.3, -0.25) is 0 Å². The molecule has 0 saturated carbocycles. The third-order valence-electron chi connectivity index (χ3n) is 4.73. The zero-order valence-electron chi connectivity index (χ0n) is 15.3. The van der Waals surface area contributed by atoms with Gasteiger partial charge in [0.2, 0.25) is 0 Å². The number of benzene rings is 3. The molecule has 0 N–H and O–H groups in total. The minimum absolute atomic E-state index is 0.324. The number of aryl methyl sites for hydroxylation is 1. The minimum atomic E-state index is -0.324. The lowest BCUT2D eigenvalue weighted by atomic mass is 9.98. The lowest BCUT2D eigenvalue weighted by Crippen LogP contribution is -2.03. The lowest BCUT2D eigenvalue weighted by Gasteiger charge is -2.10. The van der Waals surface area contributed by atoms with Gasteiger partial charge < -0.3 is 9.30 Å². The number of carbonyl (C=O) groups excluding carboxylic acids is 1. The van der Waals surface area contributed by atoms with Crippen LogP contribution in [-0.2, 0) is 11.3 Å². The summed E-state index contributed by atoms with van der Waals surface area (Å²) in [5.74, 6) is -0.324. The van der Waals surface area contributed by atoms with Crippen LogP contribution in [0, 0.1) is 6.92 Å². The number of hydrogen-bond acceptors (Lipinski definition) is 3. The van der Waals surface area contributed by atoms with Crippen LogP contribution in [0.3, 0.4) is 0 Å². The number of nitrogens with zero attached hydrogens (tertiary/aromatic N) is 2. The first-order valence-corrected chi connectivity index (χ1v) is 8.84. The van der Waals surface area contributed by atoms with E-state index in [-0.39, 0.29) is 5.97 Å². The van der Waals surface area contributed by atoms with Crippen LogP contribution < -0.4 is 0 Å². The molecule has 0 saturated heterocycles. The van der Waals surface area contributed by atoms with Crippen molar-refractivity contribution in [2.24, 2.45) is 0 Å². The van der Waals surface area contributed by atoms with Crippen LogP contribution >= 0.6 is 0 Å². The van der Waals surface area contributed by atoms with Crippen molar-refractivity contribution in [2.75, 3.05) is 7.11 Å². The van der Waals surface area contributed by atoms with Crippen LogP contribution in [0.15, 0.2) is 73.1 Å². The second kappa shape index (κ2) is 7.08. The fraction of sp³-hybridized carbons (Fsp3) is 0.130. The summed E-state index contributed by atoms with van der Waals surface area (Å²) in [5, 5.41) is 0. The molecule has 0 unspecified atom stereocenters. The summed E-state index contributed by atoms with van der Waals surface area (Å²) in [6, 6.07) is 22.0. The van der Waals surface area contributed by atoms with Gasteiger partial charge in [0.05, 0.1) is 30.0 Å². The molecule has 0 amide bonds. The Labute approximate surface area is 158 Å². The van der Waals surface area contributed by atoms with Crippen molar-refractivity contribution in [3.8, 4) is 11.1 Å². The van der Waals surface area contributed by atoms with Crippen molar-refractivity contribution in [2.45, 2.75) is 13.5 Å². The molecule has 0 spiro atoms. The van der Waals surface area contributed by atoms with E-state index in [0.29, 0.717) is 5.56 Å². The maximum absolute atomic E-state index is 12.0. The van der Waals surface area contributed by atoms with Crippen LogP contribution in [0.4, 0.5) is 0 Å². The number of rotatable bonds is 4. The zero-order chi connectivity index (χ0) is 18.8. The van der Waals surface area contributed by atoms with Crippen molar-refractivity contribution in [3.05, 3.63) is 89.7 Å². The van der Waals surface area contributed by atoms with Gasteiger partial charge in [-0.25, -0.2) is 9.78 Å². The predicted molar refractivity (Wildman–Crippen MR) is 107 cm³/mol. The molecular formula is C23H20N2O2. The molecule has 1 aromatic heterocycles. The smallest absolute Gasteiger partial charge is 0.338 e. The van der Waals surface area contributed by atoms with E-state index in [0.717, 1.165) is 28.7 Å². The van der Waals surface area contributed by atoms with Gasteiger partial charge in [-0.15, -0.1) is 0 Å². The second-order valence-corrected chi connectivity index (χ2v) is 6.60. The maximum Gasteiger partial charge on any atom is 0.338 e. The molecule has 0 radical (unpaired) electrons. The largest absolute Gasteiger partial charge is 0.465 e. The van der Waals surface area contributed by atoms with Gasteiger partial charge in [0.15, 0.2) is 0 Å². The molecule has 0 aliphatic carbocycles. The first-order chi connectivity index (χ1) is 13.2. The Morgan fingerprint density at radius 2 is 1.81 bits per heavy atom. The number of ether oxygens (including phenoxy) is 1. The third kappa shape index (κ3) is 3.34. The molecule has 0 aliphatic heterocycles.